The van der Waals surface area contributed by atoms with E-state index in [2.05, 4.69) is 48.4 Å². The predicted molar refractivity (Wildman–Crippen MR) is 111 cm³/mol. The number of carbonyl (C=O) groups is 1. The van der Waals surface area contributed by atoms with E-state index in [0.29, 0.717) is 5.92 Å². The van der Waals surface area contributed by atoms with E-state index in [0.717, 1.165) is 31.9 Å². The van der Waals surface area contributed by atoms with Crippen molar-refractivity contribution in [1.29, 1.82) is 0 Å². The lowest BCUT2D eigenvalue weighted by atomic mass is 9.98. The normalized spacial score (nSPS) is 15.8. The molecule has 1 atom stereocenters. The van der Waals surface area contributed by atoms with Gasteiger partial charge in [0.25, 0.3) is 0 Å². The van der Waals surface area contributed by atoms with Gasteiger partial charge in [-0.15, -0.1) is 24.8 Å². The van der Waals surface area contributed by atoms with Crippen molar-refractivity contribution in [2.75, 3.05) is 25.0 Å². The number of likely N-dealkylation sites (tertiary alicyclic amines) is 1. The fourth-order valence-electron chi connectivity index (χ4n) is 3.33. The van der Waals surface area contributed by atoms with E-state index < -0.39 is 0 Å². The van der Waals surface area contributed by atoms with Crippen LogP contribution in [0.25, 0.3) is 0 Å². The van der Waals surface area contributed by atoms with Crippen LogP contribution in [0.15, 0.2) is 24.3 Å². The van der Waals surface area contributed by atoms with E-state index >= 15 is 0 Å². The average molecular weight is 390 g/mol. The standard InChI is InChI=1S/C19H31N3O.2ClH/c1-4-20-14-16-9-8-10-17(13-16)21-19(23)18(15(2)3)22-11-6-5-7-12-22;;/h8-10,13,15,18,20H,4-7,11-12,14H2,1-3H3,(H,21,23);2*1H. The number of anilines is 1. The van der Waals surface area contributed by atoms with Crippen molar-refractivity contribution in [3.63, 3.8) is 0 Å². The molecule has 0 bridgehead atoms. The second-order valence-electron chi connectivity index (χ2n) is 6.76. The minimum Gasteiger partial charge on any atom is -0.325 e. The third-order valence-electron chi connectivity index (χ3n) is 4.46. The van der Waals surface area contributed by atoms with Crippen molar-refractivity contribution < 1.29 is 4.79 Å². The molecule has 0 aromatic heterocycles. The molecule has 144 valence electrons. The Morgan fingerprint density at radius 3 is 2.44 bits per heavy atom. The number of hydrogen-bond acceptors (Lipinski definition) is 3. The first-order valence-electron chi connectivity index (χ1n) is 8.96. The molecule has 0 aliphatic carbocycles. The zero-order valence-corrected chi connectivity index (χ0v) is 17.2. The molecule has 1 fully saturated rings. The summed E-state index contributed by atoms with van der Waals surface area (Å²) in [6.45, 7) is 10.2. The molecule has 1 heterocycles. The number of rotatable bonds is 7. The van der Waals surface area contributed by atoms with Crippen molar-refractivity contribution >= 4 is 36.4 Å². The van der Waals surface area contributed by atoms with Gasteiger partial charge in [0, 0.05) is 12.2 Å². The van der Waals surface area contributed by atoms with E-state index in [1.165, 1.54) is 24.8 Å². The molecule has 1 aromatic carbocycles. The van der Waals surface area contributed by atoms with Crippen LogP contribution in [0.3, 0.4) is 0 Å². The number of piperidine rings is 1. The summed E-state index contributed by atoms with van der Waals surface area (Å²) in [6, 6.07) is 8.10. The van der Waals surface area contributed by atoms with Gasteiger partial charge in [-0.3, -0.25) is 9.69 Å². The molecule has 0 saturated carbocycles. The Balaban J connectivity index is 0.00000288. The number of hydrogen-bond donors (Lipinski definition) is 2. The fraction of sp³-hybridized carbons (Fsp3) is 0.632. The maximum absolute atomic E-state index is 12.8. The molecule has 2 N–H and O–H groups in total. The van der Waals surface area contributed by atoms with Crippen LogP contribution in [0, 0.1) is 5.92 Å². The van der Waals surface area contributed by atoms with Gasteiger partial charge >= 0.3 is 0 Å². The maximum Gasteiger partial charge on any atom is 0.241 e. The van der Waals surface area contributed by atoms with Crippen molar-refractivity contribution in [1.82, 2.24) is 10.2 Å². The minimum absolute atomic E-state index is 0. The fourth-order valence-corrected chi connectivity index (χ4v) is 3.33. The lowest BCUT2D eigenvalue weighted by molar-refractivity contribution is -0.123. The Kier molecular flexibility index (Phi) is 12.1. The number of nitrogens with one attached hydrogen (secondary N) is 2. The van der Waals surface area contributed by atoms with Crippen LogP contribution in [0.5, 0.6) is 0 Å². The van der Waals surface area contributed by atoms with Crippen LogP contribution < -0.4 is 10.6 Å². The molecule has 1 aromatic rings. The molecule has 4 nitrogen and oxygen atoms in total. The van der Waals surface area contributed by atoms with Crippen LogP contribution in [-0.4, -0.2) is 36.5 Å². The van der Waals surface area contributed by atoms with E-state index in [-0.39, 0.29) is 36.8 Å². The molecule has 1 amide bonds. The highest BCUT2D eigenvalue weighted by molar-refractivity contribution is 5.95. The summed E-state index contributed by atoms with van der Waals surface area (Å²) in [5.74, 6) is 0.445. The van der Waals surface area contributed by atoms with Gasteiger partial charge in [0.05, 0.1) is 6.04 Å². The van der Waals surface area contributed by atoms with E-state index in [9.17, 15) is 4.79 Å². The zero-order valence-electron chi connectivity index (χ0n) is 15.6. The summed E-state index contributed by atoms with van der Waals surface area (Å²) in [7, 11) is 0. The summed E-state index contributed by atoms with van der Waals surface area (Å²) >= 11 is 0. The Bertz CT molecular complexity index is 505. The van der Waals surface area contributed by atoms with Gasteiger partial charge in [0.15, 0.2) is 0 Å². The van der Waals surface area contributed by atoms with Gasteiger partial charge in [0.2, 0.25) is 5.91 Å². The third kappa shape index (κ3) is 7.53. The van der Waals surface area contributed by atoms with Crippen molar-refractivity contribution in [2.45, 2.75) is 52.6 Å². The Morgan fingerprint density at radius 1 is 1.16 bits per heavy atom. The molecule has 1 aliphatic rings. The van der Waals surface area contributed by atoms with Gasteiger partial charge in [-0.2, -0.15) is 0 Å². The van der Waals surface area contributed by atoms with Crippen LogP contribution in [0.2, 0.25) is 0 Å². The lowest BCUT2D eigenvalue weighted by Gasteiger charge is -2.35. The quantitative estimate of drug-likeness (QED) is 0.737. The van der Waals surface area contributed by atoms with Gasteiger partial charge in [0.1, 0.15) is 0 Å². The SMILES string of the molecule is CCNCc1cccc(NC(=O)C(C(C)C)N2CCCCC2)c1.Cl.Cl. The first kappa shape index (κ1) is 24.2. The van der Waals surface area contributed by atoms with Crippen LogP contribution in [-0.2, 0) is 11.3 Å². The van der Waals surface area contributed by atoms with Crippen molar-refractivity contribution in [2.24, 2.45) is 5.92 Å². The van der Waals surface area contributed by atoms with Gasteiger partial charge in [-0.25, -0.2) is 0 Å². The Morgan fingerprint density at radius 2 is 1.84 bits per heavy atom. The summed E-state index contributed by atoms with van der Waals surface area (Å²) in [6.07, 6.45) is 3.69. The molecular formula is C19H33Cl2N3O. The van der Waals surface area contributed by atoms with E-state index in [1.54, 1.807) is 0 Å². The summed E-state index contributed by atoms with van der Waals surface area (Å²) in [5.41, 5.74) is 2.09. The summed E-state index contributed by atoms with van der Waals surface area (Å²) in [4.78, 5) is 15.2. The molecule has 1 saturated heterocycles. The lowest BCUT2D eigenvalue weighted by Crippen LogP contribution is -2.49. The minimum atomic E-state index is -0.0345. The van der Waals surface area contributed by atoms with Gasteiger partial charge < -0.3 is 10.6 Å². The summed E-state index contributed by atoms with van der Waals surface area (Å²) < 4.78 is 0. The van der Waals surface area contributed by atoms with Gasteiger partial charge in [-0.05, 0) is 56.1 Å². The highest BCUT2D eigenvalue weighted by atomic mass is 35.5. The van der Waals surface area contributed by atoms with Gasteiger partial charge in [-0.1, -0.05) is 39.3 Å². The third-order valence-corrected chi connectivity index (χ3v) is 4.46. The number of amides is 1. The molecule has 6 heteroatoms. The highest BCUT2D eigenvalue weighted by Crippen LogP contribution is 2.20. The van der Waals surface area contributed by atoms with Crippen LogP contribution in [0.1, 0.15) is 45.6 Å². The zero-order chi connectivity index (χ0) is 16.7. The predicted octanol–water partition coefficient (Wildman–Crippen LogP) is 4.09. The Hall–Kier alpha value is -0.810. The number of carbonyl (C=O) groups excluding carboxylic acids is 1. The van der Waals surface area contributed by atoms with Crippen LogP contribution >= 0.6 is 24.8 Å². The second kappa shape index (κ2) is 12.5. The topological polar surface area (TPSA) is 44.4 Å². The maximum atomic E-state index is 12.8. The molecule has 1 aliphatic heterocycles. The van der Waals surface area contributed by atoms with E-state index in [4.69, 9.17) is 0 Å². The highest BCUT2D eigenvalue weighted by Gasteiger charge is 2.29. The monoisotopic (exact) mass is 389 g/mol. The number of halogens is 2. The smallest absolute Gasteiger partial charge is 0.241 e. The molecular weight excluding hydrogens is 357 g/mol. The van der Waals surface area contributed by atoms with E-state index in [1.807, 2.05) is 12.1 Å². The first-order valence-corrected chi connectivity index (χ1v) is 8.96. The molecule has 25 heavy (non-hydrogen) atoms. The van der Waals surface area contributed by atoms with Crippen molar-refractivity contribution in [3.8, 4) is 0 Å². The number of nitrogens with zero attached hydrogens (tertiary/aromatic N) is 1. The summed E-state index contributed by atoms with van der Waals surface area (Å²) in [5, 5.41) is 6.45. The largest absolute Gasteiger partial charge is 0.325 e. The average Bonchev–Trinajstić information content (AvgIpc) is 2.54. The van der Waals surface area contributed by atoms with Crippen LogP contribution in [0.4, 0.5) is 5.69 Å². The Labute approximate surface area is 164 Å². The molecule has 1 unspecified atom stereocenters. The molecule has 0 spiro atoms. The number of benzene rings is 1. The first-order chi connectivity index (χ1) is 11.1. The second-order valence-corrected chi connectivity index (χ2v) is 6.76. The van der Waals surface area contributed by atoms with Crippen molar-refractivity contribution in [3.05, 3.63) is 29.8 Å². The molecule has 2 rings (SSSR count). The molecule has 0 radical (unpaired) electrons.